The van der Waals surface area contributed by atoms with Gasteiger partial charge in [0.05, 0.1) is 17.9 Å². The summed E-state index contributed by atoms with van der Waals surface area (Å²) in [5.74, 6) is 1.97. The second-order valence-corrected chi connectivity index (χ2v) is 11.0. The van der Waals surface area contributed by atoms with E-state index in [0.29, 0.717) is 17.9 Å². The van der Waals surface area contributed by atoms with E-state index in [0.717, 1.165) is 24.6 Å². The van der Waals surface area contributed by atoms with Gasteiger partial charge in [-0.05, 0) is 42.2 Å². The number of nitrogens with two attached hydrogens (primary N) is 1. The lowest BCUT2D eigenvalue weighted by atomic mass is 10.2. The number of hydrogen-bond acceptors (Lipinski definition) is 4. The van der Waals surface area contributed by atoms with Crippen LogP contribution in [0.1, 0.15) is 0 Å². The maximum Gasteiger partial charge on any atom is 0.414 e. The molecule has 23 heavy (non-hydrogen) atoms. The van der Waals surface area contributed by atoms with Crippen molar-refractivity contribution in [3.8, 4) is 0 Å². The van der Waals surface area contributed by atoms with E-state index in [-0.39, 0.29) is 18.5 Å². The highest BCUT2D eigenvalue weighted by atomic mass is 32.3. The number of cyclic esters (lactones) is 1. The maximum absolute atomic E-state index is 14.5. The molecule has 5 nitrogen and oxygen atoms in total. The van der Waals surface area contributed by atoms with Crippen molar-refractivity contribution in [2.45, 2.75) is 6.10 Å². The normalized spacial score (nSPS) is 25.4. The van der Waals surface area contributed by atoms with Gasteiger partial charge >= 0.3 is 6.09 Å². The molecule has 0 saturated carbocycles. The molecule has 1 unspecified atom stereocenters. The summed E-state index contributed by atoms with van der Waals surface area (Å²) in [6, 6.07) is 4.97. The Kier molecular flexibility index (Phi) is 4.42. The van der Waals surface area contributed by atoms with Crippen molar-refractivity contribution in [2.24, 2.45) is 5.73 Å². The number of rotatable bonds is 3. The summed E-state index contributed by atoms with van der Waals surface area (Å²) in [7, 11) is -0.519. The Morgan fingerprint density at radius 2 is 2.04 bits per heavy atom. The summed E-state index contributed by atoms with van der Waals surface area (Å²) >= 11 is 0. The van der Waals surface area contributed by atoms with Gasteiger partial charge in [-0.15, -0.1) is 0 Å². The number of amides is 1. The van der Waals surface area contributed by atoms with Gasteiger partial charge < -0.3 is 15.4 Å². The third-order valence-corrected chi connectivity index (χ3v) is 7.12. The van der Waals surface area contributed by atoms with Crippen molar-refractivity contribution in [3.63, 3.8) is 0 Å². The summed E-state index contributed by atoms with van der Waals surface area (Å²) in [6.45, 7) is 2.42. The minimum Gasteiger partial charge on any atom is -0.443 e. The molecule has 2 aliphatic rings. The number of halogens is 1. The number of anilines is 2. The van der Waals surface area contributed by atoms with Crippen molar-refractivity contribution in [1.82, 2.24) is 0 Å². The van der Waals surface area contributed by atoms with Gasteiger partial charge in [0, 0.05) is 19.6 Å². The first-order valence-electron chi connectivity index (χ1n) is 7.81. The highest BCUT2D eigenvalue weighted by Gasteiger charge is 2.32. The molecule has 1 aromatic carbocycles. The average molecular weight is 341 g/mol. The molecule has 2 aliphatic heterocycles. The molecule has 0 bridgehead atoms. The van der Waals surface area contributed by atoms with Crippen molar-refractivity contribution >= 4 is 27.5 Å². The Balaban J connectivity index is 1.75. The van der Waals surface area contributed by atoms with E-state index in [2.05, 4.69) is 17.4 Å². The van der Waals surface area contributed by atoms with E-state index in [1.54, 1.807) is 12.1 Å². The number of hydrogen-bond donors (Lipinski definition) is 1. The fraction of sp³-hybridized carbons (Fsp3) is 0.562. The molecule has 2 heterocycles. The van der Waals surface area contributed by atoms with Gasteiger partial charge in [-0.3, -0.25) is 4.90 Å². The van der Waals surface area contributed by atoms with E-state index in [1.807, 2.05) is 0 Å². The third-order valence-electron chi connectivity index (χ3n) is 4.55. The molecular formula is C16H24FN3O2S. The SMILES string of the molecule is CS1(C)CCN(c2ccc(N3CC(CN)OC3=O)cc2F)CC1. The smallest absolute Gasteiger partial charge is 0.414 e. The second-order valence-electron chi connectivity index (χ2n) is 6.65. The number of ether oxygens (including phenoxy) is 1. The maximum atomic E-state index is 14.5. The minimum atomic E-state index is -0.519. The first kappa shape index (κ1) is 16.4. The van der Waals surface area contributed by atoms with Crippen LogP contribution in [0.4, 0.5) is 20.6 Å². The highest BCUT2D eigenvalue weighted by Crippen LogP contribution is 2.42. The third kappa shape index (κ3) is 3.40. The average Bonchev–Trinajstić information content (AvgIpc) is 2.89. The molecule has 2 saturated heterocycles. The minimum absolute atomic E-state index is 0.273. The Hall–Kier alpha value is -1.47. The lowest BCUT2D eigenvalue weighted by Gasteiger charge is -2.42. The van der Waals surface area contributed by atoms with Gasteiger partial charge in [-0.1, -0.05) is 0 Å². The zero-order chi connectivity index (χ0) is 16.6. The van der Waals surface area contributed by atoms with Crippen molar-refractivity contribution in [1.29, 1.82) is 0 Å². The van der Waals surface area contributed by atoms with Gasteiger partial charge in [0.25, 0.3) is 0 Å². The molecule has 0 radical (unpaired) electrons. The summed E-state index contributed by atoms with van der Waals surface area (Å²) in [5, 5.41) is 0. The van der Waals surface area contributed by atoms with Gasteiger partial charge in [0.1, 0.15) is 11.9 Å². The molecule has 7 heteroatoms. The summed E-state index contributed by atoms with van der Waals surface area (Å²) in [4.78, 5) is 15.4. The molecule has 0 aromatic heterocycles. The van der Waals surface area contributed by atoms with Gasteiger partial charge in [-0.2, -0.15) is 0 Å². The monoisotopic (exact) mass is 341 g/mol. The largest absolute Gasteiger partial charge is 0.443 e. The van der Waals surface area contributed by atoms with Crippen LogP contribution in [0.2, 0.25) is 0 Å². The zero-order valence-electron chi connectivity index (χ0n) is 13.6. The van der Waals surface area contributed by atoms with Crippen LogP contribution in [-0.4, -0.2) is 62.4 Å². The van der Waals surface area contributed by atoms with E-state index in [9.17, 15) is 9.18 Å². The first-order chi connectivity index (χ1) is 10.9. The summed E-state index contributed by atoms with van der Waals surface area (Å²) < 4.78 is 19.7. The second kappa shape index (κ2) is 6.20. The quantitative estimate of drug-likeness (QED) is 0.913. The van der Waals surface area contributed by atoms with Gasteiger partial charge in [0.15, 0.2) is 0 Å². The van der Waals surface area contributed by atoms with Crippen LogP contribution < -0.4 is 15.5 Å². The van der Waals surface area contributed by atoms with E-state index in [4.69, 9.17) is 10.5 Å². The van der Waals surface area contributed by atoms with Crippen LogP contribution in [0.5, 0.6) is 0 Å². The van der Waals surface area contributed by atoms with E-state index >= 15 is 0 Å². The highest BCUT2D eigenvalue weighted by molar-refractivity contribution is 8.32. The molecule has 3 rings (SSSR count). The predicted octanol–water partition coefficient (Wildman–Crippen LogP) is 1.99. The first-order valence-corrected chi connectivity index (χ1v) is 10.6. The lowest BCUT2D eigenvalue weighted by Crippen LogP contribution is -2.38. The van der Waals surface area contributed by atoms with Crippen LogP contribution in [0, 0.1) is 5.82 Å². The standard InChI is InChI=1S/C16H24FN3O2S/c1-23(2)7-5-19(6-8-23)15-4-3-12(9-14(15)17)20-11-13(10-18)22-16(20)21/h3-4,9,13H,5-8,10-11,18H2,1-2H3. The lowest BCUT2D eigenvalue weighted by molar-refractivity contribution is 0.145. The van der Waals surface area contributed by atoms with Crippen LogP contribution in [0.3, 0.4) is 0 Å². The molecule has 128 valence electrons. The molecular weight excluding hydrogens is 317 g/mol. The molecule has 1 aromatic rings. The van der Waals surface area contributed by atoms with Crippen molar-refractivity contribution in [3.05, 3.63) is 24.0 Å². The number of nitrogens with zero attached hydrogens (tertiary/aromatic N) is 2. The van der Waals surface area contributed by atoms with Crippen molar-refractivity contribution in [2.75, 3.05) is 60.0 Å². The van der Waals surface area contributed by atoms with Gasteiger partial charge in [-0.25, -0.2) is 19.2 Å². The Labute approximate surface area is 137 Å². The molecule has 0 aliphatic carbocycles. The number of carbonyl (C=O) groups excluding carboxylic acids is 1. The fourth-order valence-electron chi connectivity index (χ4n) is 2.94. The van der Waals surface area contributed by atoms with Crippen LogP contribution in [0.15, 0.2) is 18.2 Å². The molecule has 1 atom stereocenters. The molecule has 2 N–H and O–H groups in total. The van der Waals surface area contributed by atoms with E-state index in [1.165, 1.54) is 11.0 Å². The molecule has 2 fully saturated rings. The molecule has 1 amide bonds. The number of carbonyl (C=O) groups is 1. The van der Waals surface area contributed by atoms with Crippen molar-refractivity contribution < 1.29 is 13.9 Å². The van der Waals surface area contributed by atoms with Crippen LogP contribution >= 0.6 is 10.0 Å². The number of benzene rings is 1. The Morgan fingerprint density at radius 1 is 1.35 bits per heavy atom. The van der Waals surface area contributed by atoms with E-state index < -0.39 is 16.1 Å². The topological polar surface area (TPSA) is 58.8 Å². The Morgan fingerprint density at radius 3 is 2.61 bits per heavy atom. The van der Waals surface area contributed by atoms with Crippen LogP contribution in [-0.2, 0) is 4.74 Å². The zero-order valence-corrected chi connectivity index (χ0v) is 14.4. The predicted molar refractivity (Wildman–Crippen MR) is 94.5 cm³/mol. The fourth-order valence-corrected chi connectivity index (χ4v) is 4.58. The van der Waals surface area contributed by atoms with Crippen LogP contribution in [0.25, 0.3) is 0 Å². The van der Waals surface area contributed by atoms with Gasteiger partial charge in [0.2, 0.25) is 0 Å². The Bertz CT molecular complexity index is 601. The molecule has 0 spiro atoms. The summed E-state index contributed by atoms with van der Waals surface area (Å²) in [5.41, 5.74) is 6.67. The summed E-state index contributed by atoms with van der Waals surface area (Å²) in [6.07, 6.45) is 3.88.